The molecule has 0 aliphatic carbocycles. The largest absolute Gasteiger partial charge is 0.304 e. The molecule has 0 spiro atoms. The Morgan fingerprint density at radius 3 is 2.50 bits per heavy atom. The maximum atomic E-state index is 11.7. The monoisotopic (exact) mass is 296 g/mol. The van der Waals surface area contributed by atoms with Crippen LogP contribution in [0.25, 0.3) is 0 Å². The number of aromatic nitrogens is 1. The van der Waals surface area contributed by atoms with Crippen LogP contribution >= 0.6 is 0 Å². The third kappa shape index (κ3) is 3.20. The molecule has 1 aromatic rings. The van der Waals surface area contributed by atoms with E-state index in [9.17, 15) is 8.42 Å². The van der Waals surface area contributed by atoms with Crippen molar-refractivity contribution in [2.45, 2.75) is 52.6 Å². The second kappa shape index (κ2) is 5.11. The highest BCUT2D eigenvalue weighted by Crippen LogP contribution is 2.28. The van der Waals surface area contributed by atoms with Gasteiger partial charge in [-0.25, -0.2) is 8.42 Å². The number of aryl methyl sites for hydroxylation is 3. The van der Waals surface area contributed by atoms with Crippen LogP contribution in [0.3, 0.4) is 0 Å². The predicted molar refractivity (Wildman–Crippen MR) is 81.7 cm³/mol. The van der Waals surface area contributed by atoms with Gasteiger partial charge < -0.3 is 5.32 Å². The molecular weight excluding hydrogens is 272 g/mol. The molecule has 2 atom stereocenters. The van der Waals surface area contributed by atoms with Gasteiger partial charge in [-0.1, -0.05) is 0 Å². The molecule has 112 valence electrons. The van der Waals surface area contributed by atoms with Gasteiger partial charge in [-0.15, -0.1) is 0 Å². The van der Waals surface area contributed by atoms with Crippen molar-refractivity contribution in [3.8, 4) is 0 Å². The minimum atomic E-state index is -2.89. The third-order valence-electron chi connectivity index (χ3n) is 4.09. The maximum Gasteiger partial charge on any atom is 0.152 e. The Balaban J connectivity index is 2.23. The second-order valence-corrected chi connectivity index (χ2v) is 8.53. The number of sulfone groups is 1. The Hall–Kier alpha value is -0.940. The lowest BCUT2D eigenvalue weighted by molar-refractivity contribution is 0.353. The Bertz CT molecular complexity index is 602. The van der Waals surface area contributed by atoms with E-state index >= 15 is 0 Å². The minimum absolute atomic E-state index is 0.0985. The molecule has 1 fully saturated rings. The molecule has 1 aromatic heterocycles. The highest BCUT2D eigenvalue weighted by atomic mass is 32.2. The zero-order valence-electron chi connectivity index (χ0n) is 12.9. The van der Waals surface area contributed by atoms with Crippen LogP contribution in [0.15, 0.2) is 6.07 Å². The third-order valence-corrected chi connectivity index (χ3v) is 5.99. The van der Waals surface area contributed by atoms with Crippen LogP contribution in [0.5, 0.6) is 0 Å². The van der Waals surface area contributed by atoms with Crippen molar-refractivity contribution in [3.63, 3.8) is 0 Å². The molecule has 1 saturated heterocycles. The second-order valence-electron chi connectivity index (χ2n) is 6.35. The van der Waals surface area contributed by atoms with Gasteiger partial charge in [0.25, 0.3) is 0 Å². The molecule has 5 heteroatoms. The highest BCUT2D eigenvalue weighted by molar-refractivity contribution is 7.91. The van der Waals surface area contributed by atoms with Crippen molar-refractivity contribution >= 4 is 9.84 Å². The molecule has 0 saturated carbocycles. The van der Waals surface area contributed by atoms with Crippen molar-refractivity contribution in [1.82, 2.24) is 10.3 Å². The molecule has 0 aromatic carbocycles. The summed E-state index contributed by atoms with van der Waals surface area (Å²) in [5, 5.41) is 3.51. The van der Waals surface area contributed by atoms with Crippen molar-refractivity contribution < 1.29 is 8.42 Å². The number of hydrogen-bond acceptors (Lipinski definition) is 4. The van der Waals surface area contributed by atoms with E-state index in [1.54, 1.807) is 0 Å². The lowest BCUT2D eigenvalue weighted by atomic mass is 9.95. The first-order valence-electron chi connectivity index (χ1n) is 7.05. The SMILES string of the molecule is Cc1cc(C)c(C(C)NC2(C)CCS(=O)(=O)C2)c(C)n1. The van der Waals surface area contributed by atoms with Crippen molar-refractivity contribution in [1.29, 1.82) is 0 Å². The first-order valence-corrected chi connectivity index (χ1v) is 8.87. The fourth-order valence-electron chi connectivity index (χ4n) is 3.41. The van der Waals surface area contributed by atoms with Crippen LogP contribution in [0.2, 0.25) is 0 Å². The predicted octanol–water partition coefficient (Wildman–Crippen LogP) is 2.23. The summed E-state index contributed by atoms with van der Waals surface area (Å²) in [6.45, 7) is 10.2. The zero-order valence-corrected chi connectivity index (χ0v) is 13.8. The first-order chi connectivity index (χ1) is 9.12. The van der Waals surface area contributed by atoms with Gasteiger partial charge >= 0.3 is 0 Å². The van der Waals surface area contributed by atoms with Gasteiger partial charge in [-0.3, -0.25) is 4.98 Å². The molecule has 20 heavy (non-hydrogen) atoms. The van der Waals surface area contributed by atoms with E-state index in [2.05, 4.69) is 30.2 Å². The summed E-state index contributed by atoms with van der Waals surface area (Å²) in [6, 6.07) is 2.18. The van der Waals surface area contributed by atoms with Gasteiger partial charge in [0.05, 0.1) is 11.5 Å². The summed E-state index contributed by atoms with van der Waals surface area (Å²) in [7, 11) is -2.89. The number of pyridine rings is 1. The molecule has 0 bridgehead atoms. The Labute approximate surface area is 121 Å². The number of nitrogens with one attached hydrogen (secondary N) is 1. The van der Waals surface area contributed by atoms with E-state index in [1.807, 2.05) is 20.8 Å². The van der Waals surface area contributed by atoms with Crippen molar-refractivity contribution in [2.24, 2.45) is 0 Å². The zero-order chi connectivity index (χ0) is 15.1. The van der Waals surface area contributed by atoms with E-state index in [-0.39, 0.29) is 23.1 Å². The number of nitrogens with zero attached hydrogens (tertiary/aromatic N) is 1. The van der Waals surface area contributed by atoms with Gasteiger partial charge in [-0.05, 0) is 58.2 Å². The summed E-state index contributed by atoms with van der Waals surface area (Å²) in [5.41, 5.74) is 4.10. The highest BCUT2D eigenvalue weighted by Gasteiger charge is 2.39. The van der Waals surface area contributed by atoms with Crippen molar-refractivity contribution in [3.05, 3.63) is 28.6 Å². The van der Waals surface area contributed by atoms with Gasteiger partial charge in [-0.2, -0.15) is 0 Å². The number of hydrogen-bond donors (Lipinski definition) is 1. The van der Waals surface area contributed by atoms with Crippen LogP contribution in [0, 0.1) is 20.8 Å². The maximum absolute atomic E-state index is 11.7. The van der Waals surface area contributed by atoms with E-state index in [1.165, 1.54) is 11.1 Å². The van der Waals surface area contributed by atoms with Gasteiger partial charge in [0, 0.05) is 23.0 Å². The molecule has 0 radical (unpaired) electrons. The van der Waals surface area contributed by atoms with Crippen LogP contribution < -0.4 is 5.32 Å². The standard InChI is InChI=1S/C15H24N2O2S/c1-10-8-11(2)16-12(3)14(10)13(4)17-15(5)6-7-20(18,19)9-15/h8,13,17H,6-7,9H2,1-5H3. The van der Waals surface area contributed by atoms with Crippen LogP contribution in [0.1, 0.15) is 48.8 Å². The van der Waals surface area contributed by atoms with E-state index in [0.717, 1.165) is 11.4 Å². The van der Waals surface area contributed by atoms with Crippen LogP contribution in [0.4, 0.5) is 0 Å². The average molecular weight is 296 g/mol. The number of rotatable bonds is 3. The summed E-state index contributed by atoms with van der Waals surface area (Å²) >= 11 is 0. The fourth-order valence-corrected chi connectivity index (χ4v) is 5.51. The van der Waals surface area contributed by atoms with Gasteiger partial charge in [0.2, 0.25) is 0 Å². The Morgan fingerprint density at radius 1 is 1.35 bits per heavy atom. The average Bonchev–Trinajstić information content (AvgIpc) is 2.50. The van der Waals surface area contributed by atoms with Crippen LogP contribution in [-0.4, -0.2) is 30.4 Å². The topological polar surface area (TPSA) is 59.1 Å². The van der Waals surface area contributed by atoms with E-state index < -0.39 is 9.84 Å². The summed E-state index contributed by atoms with van der Waals surface area (Å²) in [5.74, 6) is 0.509. The van der Waals surface area contributed by atoms with E-state index in [0.29, 0.717) is 6.42 Å². The molecule has 1 aliphatic rings. The first kappa shape index (κ1) is 15.4. The van der Waals surface area contributed by atoms with E-state index in [4.69, 9.17) is 0 Å². The Morgan fingerprint density at radius 2 is 2.00 bits per heavy atom. The molecule has 4 nitrogen and oxygen atoms in total. The lowest BCUT2D eigenvalue weighted by Crippen LogP contribution is -2.45. The molecule has 2 rings (SSSR count). The summed E-state index contributed by atoms with van der Waals surface area (Å²) < 4.78 is 23.4. The van der Waals surface area contributed by atoms with Gasteiger partial charge in [0.1, 0.15) is 0 Å². The quantitative estimate of drug-likeness (QED) is 0.929. The molecule has 0 amide bonds. The normalized spacial score (nSPS) is 26.6. The molecule has 2 unspecified atom stereocenters. The molecule has 1 aliphatic heterocycles. The molecular formula is C15H24N2O2S. The lowest BCUT2D eigenvalue weighted by Gasteiger charge is -2.30. The fraction of sp³-hybridized carbons (Fsp3) is 0.667. The summed E-state index contributed by atoms with van der Waals surface area (Å²) in [6.07, 6.45) is 0.678. The minimum Gasteiger partial charge on any atom is -0.304 e. The molecule has 1 N–H and O–H groups in total. The molecule has 2 heterocycles. The van der Waals surface area contributed by atoms with Gasteiger partial charge in [0.15, 0.2) is 9.84 Å². The van der Waals surface area contributed by atoms with Crippen molar-refractivity contribution in [2.75, 3.05) is 11.5 Å². The Kier molecular flexibility index (Phi) is 3.95. The summed E-state index contributed by atoms with van der Waals surface area (Å²) in [4.78, 5) is 4.52. The smallest absolute Gasteiger partial charge is 0.152 e. The van der Waals surface area contributed by atoms with Crippen LogP contribution in [-0.2, 0) is 9.84 Å².